The third-order valence-corrected chi connectivity index (χ3v) is 3.57. The Morgan fingerprint density at radius 3 is 1.36 bits per heavy atom. The molecule has 0 aliphatic carbocycles. The fraction of sp³-hybridized carbons (Fsp3) is 0. The van der Waals surface area contributed by atoms with E-state index in [0.717, 1.165) is 12.6 Å². The van der Waals surface area contributed by atoms with Crippen LogP contribution >= 0.6 is 11.6 Å². The lowest BCUT2D eigenvalue weighted by atomic mass is 10.2. The second-order valence-corrected chi connectivity index (χ2v) is 5.64. The number of hydrogen-bond acceptors (Lipinski definition) is 4. The number of ether oxygens (including phenoxy) is 2. The lowest BCUT2D eigenvalue weighted by Crippen LogP contribution is -1.89. The minimum absolute atomic E-state index is 0.460. The molecular weight excluding hydrogens is 340 g/mol. The predicted molar refractivity (Wildman–Crippen MR) is 95.3 cm³/mol. The van der Waals surface area contributed by atoms with Crippen LogP contribution in [0.15, 0.2) is 66.7 Å². The van der Waals surface area contributed by atoms with E-state index >= 15 is 0 Å². The zero-order chi connectivity index (χ0) is 17.6. The van der Waals surface area contributed by atoms with E-state index in [2.05, 4.69) is 0 Å². The van der Waals surface area contributed by atoms with Crippen LogP contribution in [-0.2, 0) is 0 Å². The Kier molecular flexibility index (Phi) is 5.11. The number of carbonyl (C=O) groups excluding carboxylic acids is 2. The van der Waals surface area contributed by atoms with Crippen LogP contribution in [0.3, 0.4) is 0 Å². The second kappa shape index (κ2) is 7.64. The number of rotatable bonds is 6. The Balaban J connectivity index is 1.78. The first-order valence-electron chi connectivity index (χ1n) is 7.43. The fourth-order valence-corrected chi connectivity index (χ4v) is 2.37. The molecule has 0 heterocycles. The van der Waals surface area contributed by atoms with E-state index in [1.165, 1.54) is 0 Å². The van der Waals surface area contributed by atoms with Gasteiger partial charge in [-0.05, 0) is 60.7 Å². The maximum Gasteiger partial charge on any atom is 0.150 e. The molecule has 0 amide bonds. The number of carbonyl (C=O) groups is 2. The van der Waals surface area contributed by atoms with E-state index in [9.17, 15) is 9.59 Å². The topological polar surface area (TPSA) is 52.6 Å². The number of halogens is 1. The highest BCUT2D eigenvalue weighted by atomic mass is 35.5. The van der Waals surface area contributed by atoms with Crippen LogP contribution in [0.25, 0.3) is 0 Å². The molecule has 3 aromatic carbocycles. The molecule has 3 aromatic rings. The Morgan fingerprint density at radius 1 is 0.600 bits per heavy atom. The van der Waals surface area contributed by atoms with Crippen LogP contribution < -0.4 is 9.47 Å². The molecule has 0 N–H and O–H groups in total. The molecule has 124 valence electrons. The highest BCUT2D eigenvalue weighted by molar-refractivity contribution is 6.30. The summed E-state index contributed by atoms with van der Waals surface area (Å²) in [6.07, 6.45) is 1.54. The number of benzene rings is 3. The molecule has 0 radical (unpaired) electrons. The van der Waals surface area contributed by atoms with Crippen molar-refractivity contribution >= 4 is 24.2 Å². The molecule has 0 fully saturated rings. The van der Waals surface area contributed by atoms with E-state index in [0.29, 0.717) is 39.1 Å². The average Bonchev–Trinajstić information content (AvgIpc) is 2.62. The molecule has 0 atom stereocenters. The van der Waals surface area contributed by atoms with E-state index in [-0.39, 0.29) is 0 Å². The molecule has 0 aliphatic rings. The lowest BCUT2D eigenvalue weighted by Gasteiger charge is -2.10. The van der Waals surface area contributed by atoms with Crippen molar-refractivity contribution in [1.82, 2.24) is 0 Å². The van der Waals surface area contributed by atoms with Crippen molar-refractivity contribution in [2.45, 2.75) is 0 Å². The number of aldehydes is 2. The highest BCUT2D eigenvalue weighted by Crippen LogP contribution is 2.32. The average molecular weight is 353 g/mol. The van der Waals surface area contributed by atoms with Gasteiger partial charge in [-0.25, -0.2) is 0 Å². The largest absolute Gasteiger partial charge is 0.457 e. The van der Waals surface area contributed by atoms with Crippen molar-refractivity contribution < 1.29 is 19.1 Å². The summed E-state index contributed by atoms with van der Waals surface area (Å²) >= 11 is 6.13. The molecule has 4 nitrogen and oxygen atoms in total. The minimum atomic E-state index is 0.460. The lowest BCUT2D eigenvalue weighted by molar-refractivity contribution is 0.111. The molecule has 0 unspecified atom stereocenters. The molecule has 0 spiro atoms. The van der Waals surface area contributed by atoms with Gasteiger partial charge in [-0.2, -0.15) is 0 Å². The molecule has 0 aromatic heterocycles. The van der Waals surface area contributed by atoms with Crippen LogP contribution in [0.2, 0.25) is 5.02 Å². The van der Waals surface area contributed by atoms with Gasteiger partial charge in [0.15, 0.2) is 0 Å². The van der Waals surface area contributed by atoms with Gasteiger partial charge in [-0.1, -0.05) is 11.6 Å². The van der Waals surface area contributed by atoms with Gasteiger partial charge in [0.2, 0.25) is 0 Å². The monoisotopic (exact) mass is 352 g/mol. The van der Waals surface area contributed by atoms with Gasteiger partial charge in [0.25, 0.3) is 0 Å². The van der Waals surface area contributed by atoms with E-state index in [1.807, 2.05) is 0 Å². The third kappa shape index (κ3) is 4.46. The molecule has 3 rings (SSSR count). The first-order chi connectivity index (χ1) is 12.2. The standard InChI is InChI=1S/C20H13ClO4/c21-16-9-19(24-17-5-1-14(12-22)2-6-17)11-20(10-16)25-18-7-3-15(13-23)4-8-18/h1-13H. The Bertz CT molecular complexity index is 815. The van der Waals surface area contributed by atoms with E-state index in [4.69, 9.17) is 21.1 Å². The van der Waals surface area contributed by atoms with E-state index < -0.39 is 0 Å². The zero-order valence-electron chi connectivity index (χ0n) is 13.0. The second-order valence-electron chi connectivity index (χ2n) is 5.20. The van der Waals surface area contributed by atoms with Gasteiger partial charge >= 0.3 is 0 Å². The molecule has 25 heavy (non-hydrogen) atoms. The van der Waals surface area contributed by atoms with Crippen molar-refractivity contribution in [3.63, 3.8) is 0 Å². The minimum Gasteiger partial charge on any atom is -0.457 e. The molecule has 0 aliphatic heterocycles. The highest BCUT2D eigenvalue weighted by Gasteiger charge is 2.05. The maximum absolute atomic E-state index is 10.7. The van der Waals surface area contributed by atoms with Gasteiger partial charge in [0, 0.05) is 22.2 Å². The quantitative estimate of drug-likeness (QED) is 0.546. The summed E-state index contributed by atoms with van der Waals surface area (Å²) in [4.78, 5) is 21.4. The Hall–Kier alpha value is -3.11. The maximum atomic E-state index is 10.7. The summed E-state index contributed by atoms with van der Waals surface area (Å²) in [6.45, 7) is 0. The summed E-state index contributed by atoms with van der Waals surface area (Å²) in [5.74, 6) is 2.17. The molecule has 0 bridgehead atoms. The van der Waals surface area contributed by atoms with Crippen LogP contribution in [0, 0.1) is 0 Å². The molecular formula is C20H13ClO4. The van der Waals surface area contributed by atoms with Gasteiger partial charge in [0.05, 0.1) is 0 Å². The Labute approximate surface area is 149 Å². The van der Waals surface area contributed by atoms with Crippen molar-refractivity contribution in [3.8, 4) is 23.0 Å². The van der Waals surface area contributed by atoms with Gasteiger partial charge in [0.1, 0.15) is 35.6 Å². The first-order valence-corrected chi connectivity index (χ1v) is 7.81. The summed E-state index contributed by atoms with van der Waals surface area (Å²) in [7, 11) is 0. The summed E-state index contributed by atoms with van der Waals surface area (Å²) in [6, 6.07) is 18.5. The van der Waals surface area contributed by atoms with Crippen LogP contribution in [-0.4, -0.2) is 12.6 Å². The SMILES string of the molecule is O=Cc1ccc(Oc2cc(Cl)cc(Oc3ccc(C=O)cc3)c2)cc1. The normalized spacial score (nSPS) is 10.1. The van der Waals surface area contributed by atoms with Crippen molar-refractivity contribution in [1.29, 1.82) is 0 Å². The zero-order valence-corrected chi connectivity index (χ0v) is 13.8. The Morgan fingerprint density at radius 2 is 1.00 bits per heavy atom. The molecule has 0 saturated carbocycles. The molecule has 0 saturated heterocycles. The van der Waals surface area contributed by atoms with Gasteiger partial charge < -0.3 is 9.47 Å². The van der Waals surface area contributed by atoms with Crippen molar-refractivity contribution in [2.24, 2.45) is 0 Å². The van der Waals surface area contributed by atoms with Crippen molar-refractivity contribution in [2.75, 3.05) is 0 Å². The summed E-state index contributed by atoms with van der Waals surface area (Å²) in [5.41, 5.74) is 1.14. The fourth-order valence-electron chi connectivity index (χ4n) is 2.16. The van der Waals surface area contributed by atoms with Gasteiger partial charge in [-0.15, -0.1) is 0 Å². The van der Waals surface area contributed by atoms with Crippen LogP contribution in [0.5, 0.6) is 23.0 Å². The summed E-state index contributed by atoms with van der Waals surface area (Å²) in [5, 5.41) is 0.460. The molecule has 5 heteroatoms. The van der Waals surface area contributed by atoms with Crippen molar-refractivity contribution in [3.05, 3.63) is 82.9 Å². The predicted octanol–water partition coefficient (Wildman–Crippen LogP) is 5.55. The third-order valence-electron chi connectivity index (χ3n) is 3.35. The van der Waals surface area contributed by atoms with E-state index in [1.54, 1.807) is 66.7 Å². The number of hydrogen-bond donors (Lipinski definition) is 0. The van der Waals surface area contributed by atoms with Gasteiger partial charge in [-0.3, -0.25) is 9.59 Å². The summed E-state index contributed by atoms with van der Waals surface area (Å²) < 4.78 is 11.5. The first kappa shape index (κ1) is 16.7. The smallest absolute Gasteiger partial charge is 0.150 e. The van der Waals surface area contributed by atoms with Crippen LogP contribution in [0.1, 0.15) is 20.7 Å². The van der Waals surface area contributed by atoms with Crippen LogP contribution in [0.4, 0.5) is 0 Å².